The van der Waals surface area contributed by atoms with Crippen molar-refractivity contribution in [3.8, 4) is 0 Å². The predicted octanol–water partition coefficient (Wildman–Crippen LogP) is 5.32. The van der Waals surface area contributed by atoms with Gasteiger partial charge in [-0.1, -0.05) is 0 Å². The van der Waals surface area contributed by atoms with E-state index in [4.69, 9.17) is 0 Å². The molecule has 27 heavy (non-hydrogen) atoms. The molecule has 0 aliphatic rings. The minimum absolute atomic E-state index is 0.0115. The molecule has 0 spiro atoms. The Bertz CT molecular complexity index is 841. The highest BCUT2D eigenvalue weighted by molar-refractivity contribution is 6.04. The Morgan fingerprint density at radius 1 is 0.926 bits per heavy atom. The molecule has 2 aromatic rings. The van der Waals surface area contributed by atoms with Crippen LogP contribution in [0.4, 0.5) is 40.9 Å². The van der Waals surface area contributed by atoms with Gasteiger partial charge in [0.15, 0.2) is 0 Å². The van der Waals surface area contributed by atoms with Crippen LogP contribution in [0.2, 0.25) is 0 Å². The standard InChI is InChI=1S/C16H10F8N2O/c1-8-6-9(15(19,20)21)2-4-11(8)13(27)26-12-5-3-10(7-25-12)14(17,18)16(22,23)24/h2-7H,1H3,(H,25,26,27). The predicted molar refractivity (Wildman–Crippen MR) is 78.3 cm³/mol. The largest absolute Gasteiger partial charge is 0.458 e. The summed E-state index contributed by atoms with van der Waals surface area (Å²) in [5.74, 6) is -6.36. The first-order chi connectivity index (χ1) is 12.2. The Morgan fingerprint density at radius 3 is 1.96 bits per heavy atom. The van der Waals surface area contributed by atoms with Gasteiger partial charge in [0.1, 0.15) is 5.82 Å². The molecule has 0 aliphatic carbocycles. The highest BCUT2D eigenvalue weighted by Crippen LogP contribution is 2.43. The summed E-state index contributed by atoms with van der Waals surface area (Å²) in [5.41, 5.74) is -2.54. The second-order valence-corrected chi connectivity index (χ2v) is 5.49. The average Bonchev–Trinajstić information content (AvgIpc) is 2.53. The maximum Gasteiger partial charge on any atom is 0.458 e. The molecule has 1 N–H and O–H groups in total. The maximum absolute atomic E-state index is 13.2. The molecule has 1 aromatic heterocycles. The summed E-state index contributed by atoms with van der Waals surface area (Å²) in [6.45, 7) is 1.25. The molecule has 0 radical (unpaired) electrons. The Morgan fingerprint density at radius 2 is 1.52 bits per heavy atom. The van der Waals surface area contributed by atoms with Crippen molar-refractivity contribution in [2.24, 2.45) is 0 Å². The van der Waals surface area contributed by atoms with Gasteiger partial charge in [0.25, 0.3) is 5.91 Å². The number of anilines is 1. The Labute approximate surface area is 147 Å². The van der Waals surface area contributed by atoms with Crippen LogP contribution in [-0.4, -0.2) is 17.1 Å². The summed E-state index contributed by atoms with van der Waals surface area (Å²) in [6.07, 6.45) is -10.2. The van der Waals surface area contributed by atoms with Crippen LogP contribution in [0.3, 0.4) is 0 Å². The Hall–Kier alpha value is -2.72. The van der Waals surface area contributed by atoms with Crippen molar-refractivity contribution >= 4 is 11.7 Å². The fourth-order valence-electron chi connectivity index (χ4n) is 2.10. The lowest BCUT2D eigenvalue weighted by atomic mass is 10.0. The number of aryl methyl sites for hydroxylation is 1. The summed E-state index contributed by atoms with van der Waals surface area (Å²) < 4.78 is 101. The van der Waals surface area contributed by atoms with Crippen molar-refractivity contribution in [3.05, 3.63) is 58.8 Å². The highest BCUT2D eigenvalue weighted by atomic mass is 19.4. The molecular formula is C16H10F8N2O. The van der Waals surface area contributed by atoms with E-state index in [0.29, 0.717) is 12.1 Å². The molecule has 1 aromatic carbocycles. The topological polar surface area (TPSA) is 42.0 Å². The zero-order valence-corrected chi connectivity index (χ0v) is 13.3. The van der Waals surface area contributed by atoms with Crippen LogP contribution < -0.4 is 5.32 Å². The van der Waals surface area contributed by atoms with Crippen LogP contribution in [0.15, 0.2) is 36.5 Å². The third-order valence-corrected chi connectivity index (χ3v) is 3.52. The van der Waals surface area contributed by atoms with E-state index in [9.17, 15) is 39.9 Å². The fourth-order valence-corrected chi connectivity index (χ4v) is 2.10. The number of pyridine rings is 1. The number of rotatable bonds is 3. The van der Waals surface area contributed by atoms with Crippen molar-refractivity contribution in [1.29, 1.82) is 0 Å². The summed E-state index contributed by atoms with van der Waals surface area (Å²) in [7, 11) is 0. The van der Waals surface area contributed by atoms with Crippen LogP contribution in [0, 0.1) is 6.92 Å². The minimum Gasteiger partial charge on any atom is -0.307 e. The number of halogens is 8. The smallest absolute Gasteiger partial charge is 0.307 e. The van der Waals surface area contributed by atoms with Gasteiger partial charge in [-0.15, -0.1) is 0 Å². The van der Waals surface area contributed by atoms with Crippen molar-refractivity contribution in [2.45, 2.75) is 25.2 Å². The molecule has 0 fully saturated rings. The molecule has 1 amide bonds. The van der Waals surface area contributed by atoms with E-state index in [0.717, 1.165) is 18.2 Å². The van der Waals surface area contributed by atoms with Gasteiger partial charge in [0, 0.05) is 17.3 Å². The van der Waals surface area contributed by atoms with E-state index in [1.807, 2.05) is 0 Å². The number of carbonyl (C=O) groups is 1. The maximum atomic E-state index is 13.2. The lowest BCUT2D eigenvalue weighted by molar-refractivity contribution is -0.289. The molecule has 3 nitrogen and oxygen atoms in total. The van der Waals surface area contributed by atoms with E-state index >= 15 is 0 Å². The van der Waals surface area contributed by atoms with Crippen molar-refractivity contribution in [2.75, 3.05) is 5.32 Å². The Kier molecular flexibility index (Phi) is 5.17. The number of hydrogen-bond donors (Lipinski definition) is 1. The molecule has 146 valence electrons. The van der Waals surface area contributed by atoms with Gasteiger partial charge in [-0.3, -0.25) is 4.79 Å². The minimum atomic E-state index is -5.81. The van der Waals surface area contributed by atoms with E-state index in [-0.39, 0.29) is 23.1 Å². The summed E-state index contributed by atoms with van der Waals surface area (Å²) in [5, 5.41) is 2.12. The van der Waals surface area contributed by atoms with Crippen LogP contribution in [-0.2, 0) is 12.1 Å². The number of hydrogen-bond acceptors (Lipinski definition) is 2. The molecule has 0 bridgehead atoms. The number of amides is 1. The van der Waals surface area contributed by atoms with Crippen LogP contribution in [0.25, 0.3) is 0 Å². The zero-order valence-electron chi connectivity index (χ0n) is 13.3. The summed E-state index contributed by atoms with van der Waals surface area (Å²) >= 11 is 0. The first kappa shape index (κ1) is 20.6. The van der Waals surface area contributed by atoms with Crippen molar-refractivity contribution in [3.63, 3.8) is 0 Å². The van der Waals surface area contributed by atoms with Crippen LogP contribution >= 0.6 is 0 Å². The van der Waals surface area contributed by atoms with Crippen molar-refractivity contribution < 1.29 is 39.9 Å². The van der Waals surface area contributed by atoms with E-state index < -0.39 is 35.3 Å². The molecule has 0 unspecified atom stereocenters. The number of benzene rings is 1. The van der Waals surface area contributed by atoms with Gasteiger partial charge in [-0.25, -0.2) is 4.98 Å². The third-order valence-electron chi connectivity index (χ3n) is 3.52. The van der Waals surface area contributed by atoms with E-state index in [1.54, 1.807) is 0 Å². The monoisotopic (exact) mass is 398 g/mol. The van der Waals surface area contributed by atoms with Crippen LogP contribution in [0.1, 0.15) is 27.0 Å². The first-order valence-electron chi connectivity index (χ1n) is 7.14. The lowest BCUT2D eigenvalue weighted by Crippen LogP contribution is -2.33. The van der Waals surface area contributed by atoms with Gasteiger partial charge in [0.2, 0.25) is 0 Å². The van der Waals surface area contributed by atoms with Crippen LogP contribution in [0.5, 0.6) is 0 Å². The lowest BCUT2D eigenvalue weighted by Gasteiger charge is -2.19. The van der Waals surface area contributed by atoms with Gasteiger partial charge >= 0.3 is 18.3 Å². The quantitative estimate of drug-likeness (QED) is 0.712. The number of nitrogens with zero attached hydrogens (tertiary/aromatic N) is 1. The zero-order chi connectivity index (χ0) is 20.6. The summed E-state index contributed by atoms with van der Waals surface area (Å²) in [6, 6.07) is 3.51. The van der Waals surface area contributed by atoms with Crippen molar-refractivity contribution in [1.82, 2.24) is 4.98 Å². The fraction of sp³-hybridized carbons (Fsp3) is 0.250. The number of alkyl halides is 8. The SMILES string of the molecule is Cc1cc(C(F)(F)F)ccc1C(=O)Nc1ccc(C(F)(F)C(F)(F)F)cn1. The molecule has 0 aliphatic heterocycles. The molecule has 2 rings (SSSR count). The van der Waals surface area contributed by atoms with Gasteiger partial charge in [-0.2, -0.15) is 35.1 Å². The third kappa shape index (κ3) is 4.34. The highest BCUT2D eigenvalue weighted by Gasteiger charge is 2.58. The number of nitrogens with one attached hydrogen (secondary N) is 1. The van der Waals surface area contributed by atoms with Gasteiger partial charge in [-0.05, 0) is 42.8 Å². The molecule has 0 saturated heterocycles. The van der Waals surface area contributed by atoms with Gasteiger partial charge in [0.05, 0.1) is 5.56 Å². The normalized spacial score (nSPS) is 12.8. The second kappa shape index (κ2) is 6.78. The Balaban J connectivity index is 2.20. The van der Waals surface area contributed by atoms with E-state index in [2.05, 4.69) is 10.3 Å². The second-order valence-electron chi connectivity index (χ2n) is 5.49. The molecule has 1 heterocycles. The number of carbonyl (C=O) groups excluding carboxylic acids is 1. The molecule has 11 heteroatoms. The molecular weight excluding hydrogens is 388 g/mol. The molecule has 0 saturated carbocycles. The summed E-state index contributed by atoms with van der Waals surface area (Å²) in [4.78, 5) is 15.4. The average molecular weight is 398 g/mol. The molecule has 0 atom stereocenters. The van der Waals surface area contributed by atoms with E-state index in [1.165, 1.54) is 6.92 Å². The number of aromatic nitrogens is 1. The van der Waals surface area contributed by atoms with Gasteiger partial charge < -0.3 is 5.32 Å². The first-order valence-corrected chi connectivity index (χ1v) is 7.14.